The smallest absolute Gasteiger partial charge is 0.338 e. The van der Waals surface area contributed by atoms with Crippen LogP contribution in [0.5, 0.6) is 11.5 Å². The highest BCUT2D eigenvalue weighted by Gasteiger charge is 2.37. The Morgan fingerprint density at radius 1 is 0.917 bits per heavy atom. The normalized spacial score (nSPS) is 14.2. The fourth-order valence-corrected chi connectivity index (χ4v) is 4.05. The minimum atomic E-state index is -0.791. The summed E-state index contributed by atoms with van der Waals surface area (Å²) < 4.78 is 16.3. The molecule has 0 aromatic heterocycles. The van der Waals surface area contributed by atoms with E-state index in [1.54, 1.807) is 43.3 Å². The Kier molecular flexibility index (Phi) is 6.12. The summed E-state index contributed by atoms with van der Waals surface area (Å²) in [5.41, 5.74) is 2.09. The second-order valence-corrected chi connectivity index (χ2v) is 8.33. The summed E-state index contributed by atoms with van der Waals surface area (Å²) in [5, 5.41) is 2.65. The number of ether oxygens (including phenoxy) is 3. The summed E-state index contributed by atoms with van der Waals surface area (Å²) in [5.74, 6) is -1.19. The van der Waals surface area contributed by atoms with Gasteiger partial charge in [-0.1, -0.05) is 18.2 Å². The molecule has 3 amide bonds. The van der Waals surface area contributed by atoms with E-state index in [2.05, 4.69) is 5.32 Å². The predicted octanol–water partition coefficient (Wildman–Crippen LogP) is 3.75. The number of hydrogen-bond acceptors (Lipinski definition) is 7. The maximum Gasteiger partial charge on any atom is 0.338 e. The van der Waals surface area contributed by atoms with Crippen LogP contribution in [0.15, 0.2) is 60.7 Å². The molecule has 2 aliphatic heterocycles. The highest BCUT2D eigenvalue weighted by atomic mass is 16.5. The molecular formula is C27H22N2O7. The number of anilines is 2. The van der Waals surface area contributed by atoms with Crippen LogP contribution in [-0.4, -0.2) is 43.5 Å². The van der Waals surface area contributed by atoms with E-state index in [4.69, 9.17) is 14.2 Å². The number of carbonyl (C=O) groups excluding carboxylic acids is 4. The maximum absolute atomic E-state index is 13.0. The molecule has 0 atom stereocenters. The Balaban J connectivity index is 1.24. The predicted molar refractivity (Wildman–Crippen MR) is 130 cm³/mol. The lowest BCUT2D eigenvalue weighted by Crippen LogP contribution is -2.29. The van der Waals surface area contributed by atoms with E-state index in [0.717, 1.165) is 16.9 Å². The highest BCUT2D eigenvalue weighted by molar-refractivity contribution is 6.35. The molecule has 9 heteroatoms. The summed E-state index contributed by atoms with van der Waals surface area (Å²) in [4.78, 5) is 51.9. The molecule has 0 radical (unpaired) electrons. The van der Waals surface area contributed by atoms with Crippen molar-refractivity contribution in [1.29, 1.82) is 0 Å². The Bertz CT molecular complexity index is 1400. The fourth-order valence-electron chi connectivity index (χ4n) is 4.05. The first-order valence-corrected chi connectivity index (χ1v) is 11.4. The van der Waals surface area contributed by atoms with Crippen molar-refractivity contribution < 1.29 is 33.4 Å². The molecular weight excluding hydrogens is 464 g/mol. The van der Waals surface area contributed by atoms with Gasteiger partial charge in [0.25, 0.3) is 17.7 Å². The number of hydrogen-bond donors (Lipinski definition) is 1. The van der Waals surface area contributed by atoms with Crippen molar-refractivity contribution >= 4 is 35.1 Å². The van der Waals surface area contributed by atoms with Crippen LogP contribution in [0, 0.1) is 6.92 Å². The van der Waals surface area contributed by atoms with Crippen LogP contribution in [0.3, 0.4) is 0 Å². The SMILES string of the molecule is Cc1ccccc1N1C(=O)c2ccc(C(=O)OCC(=O)Nc3ccc4c(c3)OCCCO4)cc2C1=O. The van der Waals surface area contributed by atoms with Gasteiger partial charge in [0.2, 0.25) is 0 Å². The summed E-state index contributed by atoms with van der Waals surface area (Å²) >= 11 is 0. The molecule has 0 saturated carbocycles. The van der Waals surface area contributed by atoms with Crippen molar-refractivity contribution in [3.05, 3.63) is 82.9 Å². The fraction of sp³-hybridized carbons (Fsp3) is 0.185. The average molecular weight is 486 g/mol. The zero-order valence-corrected chi connectivity index (χ0v) is 19.4. The lowest BCUT2D eigenvalue weighted by Gasteiger charge is -2.16. The third-order valence-corrected chi connectivity index (χ3v) is 5.84. The number of amides is 3. The van der Waals surface area contributed by atoms with Crippen LogP contribution >= 0.6 is 0 Å². The number of fused-ring (bicyclic) bond motifs is 2. The summed E-state index contributed by atoms with van der Waals surface area (Å²) in [6.07, 6.45) is 0.763. The molecule has 0 aliphatic carbocycles. The van der Waals surface area contributed by atoms with Crippen LogP contribution in [0.2, 0.25) is 0 Å². The van der Waals surface area contributed by atoms with Crippen molar-refractivity contribution in [1.82, 2.24) is 0 Å². The molecule has 2 aliphatic rings. The van der Waals surface area contributed by atoms with E-state index in [9.17, 15) is 19.2 Å². The van der Waals surface area contributed by atoms with Gasteiger partial charge in [-0.2, -0.15) is 0 Å². The van der Waals surface area contributed by atoms with E-state index < -0.39 is 30.3 Å². The molecule has 1 N–H and O–H groups in total. The van der Waals surface area contributed by atoms with Gasteiger partial charge in [-0.25, -0.2) is 9.69 Å². The number of nitrogens with zero attached hydrogens (tertiary/aromatic N) is 1. The van der Waals surface area contributed by atoms with E-state index in [1.807, 2.05) is 6.07 Å². The first-order valence-electron chi connectivity index (χ1n) is 11.4. The van der Waals surface area contributed by atoms with E-state index in [0.29, 0.717) is 36.1 Å². The zero-order chi connectivity index (χ0) is 25.2. The summed E-state index contributed by atoms with van der Waals surface area (Å²) in [6.45, 7) is 2.34. The number of benzene rings is 3. The summed E-state index contributed by atoms with van der Waals surface area (Å²) in [6, 6.07) is 16.2. The molecule has 0 unspecified atom stereocenters. The topological polar surface area (TPSA) is 111 Å². The lowest BCUT2D eigenvalue weighted by atomic mass is 10.1. The third kappa shape index (κ3) is 4.38. The minimum Gasteiger partial charge on any atom is -0.490 e. The van der Waals surface area contributed by atoms with Gasteiger partial charge in [0, 0.05) is 18.2 Å². The van der Waals surface area contributed by atoms with Crippen LogP contribution in [-0.2, 0) is 9.53 Å². The van der Waals surface area contributed by atoms with E-state index >= 15 is 0 Å². The quantitative estimate of drug-likeness (QED) is 0.432. The standard InChI is InChI=1S/C27H22N2O7/c1-16-5-2-3-6-21(16)29-25(31)19-9-7-17(13-20(19)26(29)32)27(33)36-15-24(30)28-18-8-10-22-23(14-18)35-12-4-11-34-22/h2-3,5-10,13-14H,4,11-12,15H2,1H3,(H,28,30). The molecule has 36 heavy (non-hydrogen) atoms. The summed E-state index contributed by atoms with van der Waals surface area (Å²) in [7, 11) is 0. The largest absolute Gasteiger partial charge is 0.490 e. The Labute approximate surface area is 206 Å². The van der Waals surface area contributed by atoms with Crippen molar-refractivity contribution in [2.75, 3.05) is 30.0 Å². The van der Waals surface area contributed by atoms with Gasteiger partial charge in [-0.3, -0.25) is 14.4 Å². The van der Waals surface area contributed by atoms with Gasteiger partial charge in [-0.05, 0) is 48.9 Å². The first kappa shape index (κ1) is 23.1. The first-order chi connectivity index (χ1) is 17.4. The number of rotatable bonds is 5. The third-order valence-electron chi connectivity index (χ3n) is 5.84. The van der Waals surface area contributed by atoms with Crippen molar-refractivity contribution in [2.24, 2.45) is 0 Å². The lowest BCUT2D eigenvalue weighted by molar-refractivity contribution is -0.119. The number of carbonyl (C=O) groups is 4. The molecule has 3 aromatic rings. The average Bonchev–Trinajstić information content (AvgIpc) is 3.02. The monoisotopic (exact) mass is 486 g/mol. The van der Waals surface area contributed by atoms with Crippen LogP contribution in [0.4, 0.5) is 11.4 Å². The Hall–Kier alpha value is -4.66. The van der Waals surface area contributed by atoms with E-state index in [-0.39, 0.29) is 16.7 Å². The number of aryl methyl sites for hydroxylation is 1. The second-order valence-electron chi connectivity index (χ2n) is 8.33. The number of imide groups is 1. The van der Waals surface area contributed by atoms with Crippen molar-refractivity contribution in [2.45, 2.75) is 13.3 Å². The molecule has 0 bridgehead atoms. The molecule has 0 fully saturated rings. The van der Waals surface area contributed by atoms with Gasteiger partial charge in [0.1, 0.15) is 0 Å². The number of para-hydroxylation sites is 1. The van der Waals surface area contributed by atoms with Crippen molar-refractivity contribution in [3.8, 4) is 11.5 Å². The minimum absolute atomic E-state index is 0.0601. The number of esters is 1. The van der Waals surface area contributed by atoms with Crippen LogP contribution in [0.1, 0.15) is 43.1 Å². The molecule has 0 saturated heterocycles. The molecule has 182 valence electrons. The second kappa shape index (κ2) is 9.53. The maximum atomic E-state index is 13.0. The van der Waals surface area contributed by atoms with Gasteiger partial charge in [0.15, 0.2) is 18.1 Å². The Morgan fingerprint density at radius 2 is 1.67 bits per heavy atom. The van der Waals surface area contributed by atoms with Crippen molar-refractivity contribution in [3.63, 3.8) is 0 Å². The van der Waals surface area contributed by atoms with Gasteiger partial charge >= 0.3 is 5.97 Å². The number of nitrogens with one attached hydrogen (secondary N) is 1. The van der Waals surface area contributed by atoms with Crippen LogP contribution < -0.4 is 19.7 Å². The molecule has 2 heterocycles. The zero-order valence-electron chi connectivity index (χ0n) is 19.4. The van der Waals surface area contributed by atoms with Gasteiger partial charge in [0.05, 0.1) is 35.6 Å². The van der Waals surface area contributed by atoms with Crippen LogP contribution in [0.25, 0.3) is 0 Å². The van der Waals surface area contributed by atoms with Gasteiger partial charge < -0.3 is 19.5 Å². The molecule has 9 nitrogen and oxygen atoms in total. The molecule has 3 aromatic carbocycles. The highest BCUT2D eigenvalue weighted by Crippen LogP contribution is 2.33. The van der Waals surface area contributed by atoms with E-state index in [1.165, 1.54) is 18.2 Å². The molecule has 5 rings (SSSR count). The van der Waals surface area contributed by atoms with Gasteiger partial charge in [-0.15, -0.1) is 0 Å². The Morgan fingerprint density at radius 3 is 2.47 bits per heavy atom. The molecule has 0 spiro atoms.